The molecule has 4 aliphatic rings. The number of alkyl halides is 2. The second-order valence-corrected chi connectivity index (χ2v) is 14.9. The van der Waals surface area contributed by atoms with Crippen molar-refractivity contribution in [2.45, 2.75) is 77.0 Å². The van der Waals surface area contributed by atoms with Crippen molar-refractivity contribution in [3.05, 3.63) is 52.9 Å². The summed E-state index contributed by atoms with van der Waals surface area (Å²) in [6.45, 7) is 4.91. The number of thioether (sulfide) groups is 1. The fraction of sp³-hybridized carbons (Fsp3) is 0.543. The van der Waals surface area contributed by atoms with Crippen LogP contribution in [0.15, 0.2) is 36.0 Å². The average Bonchev–Trinajstić information content (AvgIpc) is 3.57. The average molecular weight is 683 g/mol. The van der Waals surface area contributed by atoms with E-state index in [9.17, 15) is 28.4 Å². The fourth-order valence-electron chi connectivity index (χ4n) is 9.25. The van der Waals surface area contributed by atoms with Crippen molar-refractivity contribution in [2.75, 3.05) is 19.6 Å². The van der Waals surface area contributed by atoms with Crippen molar-refractivity contribution >= 4 is 46.5 Å². The number of benzene rings is 1. The Morgan fingerprint density at radius 1 is 1.17 bits per heavy atom. The maximum Gasteiger partial charge on any atom is 0.306 e. The van der Waals surface area contributed by atoms with E-state index in [1.165, 1.54) is 11.9 Å². The van der Waals surface area contributed by atoms with E-state index in [-0.39, 0.29) is 38.1 Å². The molecule has 6 atom stereocenters. The number of carbonyl (C=O) groups excluding carboxylic acids is 5. The molecule has 0 aliphatic heterocycles. The van der Waals surface area contributed by atoms with Crippen LogP contribution in [-0.4, -0.2) is 74.2 Å². The highest BCUT2D eigenvalue weighted by molar-refractivity contribution is 8.13. The Morgan fingerprint density at radius 2 is 1.92 bits per heavy atom. The molecule has 1 heterocycles. The number of nitrogens with two attached hydrogens (primary N) is 1. The number of ketones is 1. The fourth-order valence-corrected chi connectivity index (χ4v) is 9.96. The van der Waals surface area contributed by atoms with E-state index in [0.717, 1.165) is 16.8 Å². The summed E-state index contributed by atoms with van der Waals surface area (Å²) < 4.78 is 39.1. The van der Waals surface area contributed by atoms with Crippen molar-refractivity contribution in [3.63, 3.8) is 0 Å². The lowest BCUT2D eigenvalue weighted by Gasteiger charge is -2.60. The standard InChI is InChI=1S/C35H40F2N4O6S/c1-5-29(44)47-34(31(46)48-19-36)12-11-24-25-10-9-22-14-26-21(15-32(22,2)35(25,37)27(42)16-33(24,34)3)17-39-41(26)23-8-6-7-20(13-23)30(45)40(4)18-28(38)43/h6-8,13-14,17,24-25H,5,9-12,15-16,18-19H2,1-4H3,(H2,38,43)/t24-,25-,32-,33-,34-,35-/m0/s1. The van der Waals surface area contributed by atoms with Crippen molar-refractivity contribution < 1.29 is 37.5 Å². The number of amides is 2. The highest BCUT2D eigenvalue weighted by Crippen LogP contribution is 2.70. The minimum Gasteiger partial charge on any atom is -0.449 e. The minimum atomic E-state index is -2.25. The number of hydrogen-bond donors (Lipinski definition) is 1. The predicted octanol–water partition coefficient (Wildman–Crippen LogP) is 4.76. The number of aromatic nitrogens is 2. The zero-order valence-electron chi connectivity index (χ0n) is 27.5. The number of carbonyl (C=O) groups is 5. The van der Waals surface area contributed by atoms with Gasteiger partial charge in [-0.2, -0.15) is 5.10 Å². The zero-order valence-corrected chi connectivity index (χ0v) is 28.3. The molecule has 3 saturated carbocycles. The molecule has 2 amide bonds. The van der Waals surface area contributed by atoms with Crippen LogP contribution >= 0.6 is 11.8 Å². The van der Waals surface area contributed by atoms with Crippen molar-refractivity contribution in [3.8, 4) is 5.69 Å². The van der Waals surface area contributed by atoms with Gasteiger partial charge in [-0.25, -0.2) is 13.5 Å². The Balaban J connectivity index is 1.35. The largest absolute Gasteiger partial charge is 0.449 e. The van der Waals surface area contributed by atoms with Crippen LogP contribution in [0.3, 0.4) is 0 Å². The monoisotopic (exact) mass is 682 g/mol. The van der Waals surface area contributed by atoms with Gasteiger partial charge in [-0.15, -0.1) is 0 Å². The molecule has 3 fully saturated rings. The Bertz CT molecular complexity index is 1760. The minimum absolute atomic E-state index is 0.00960. The van der Waals surface area contributed by atoms with Gasteiger partial charge in [0.2, 0.25) is 11.0 Å². The van der Waals surface area contributed by atoms with Crippen molar-refractivity contribution in [2.24, 2.45) is 28.4 Å². The first kappa shape index (κ1) is 34.0. The Labute approximate surface area is 281 Å². The van der Waals surface area contributed by atoms with Crippen LogP contribution in [0.4, 0.5) is 8.78 Å². The molecular weight excluding hydrogens is 642 g/mol. The molecule has 2 aromatic rings. The van der Waals surface area contributed by atoms with Crippen LogP contribution in [0, 0.1) is 22.7 Å². The number of halogens is 2. The van der Waals surface area contributed by atoms with Gasteiger partial charge >= 0.3 is 5.97 Å². The third-order valence-electron chi connectivity index (χ3n) is 11.6. The van der Waals surface area contributed by atoms with Gasteiger partial charge in [0.15, 0.2) is 17.1 Å². The number of hydrogen-bond acceptors (Lipinski definition) is 8. The normalized spacial score (nSPS) is 31.9. The van der Waals surface area contributed by atoms with Crippen LogP contribution in [-0.2, 0) is 30.3 Å². The molecule has 6 rings (SSSR count). The van der Waals surface area contributed by atoms with Gasteiger partial charge in [-0.05, 0) is 79.6 Å². The molecule has 1 aromatic carbocycles. The first-order valence-electron chi connectivity index (χ1n) is 16.3. The van der Waals surface area contributed by atoms with Crippen LogP contribution < -0.4 is 5.73 Å². The van der Waals surface area contributed by atoms with E-state index >= 15 is 4.39 Å². The SMILES string of the molecule is CCC(=O)O[C@]1(C(=O)SCF)CC[C@H]2[C@@H]3CCC4=Cc5c(cnn5-c5cccc(C(=O)N(C)CC(N)=O)c5)C[C@]4(C)[C@@]3(F)C(=O)C[C@@]21C. The molecular formula is C35H40F2N4O6S. The summed E-state index contributed by atoms with van der Waals surface area (Å²) >= 11 is 0.434. The highest BCUT2D eigenvalue weighted by Gasteiger charge is 2.76. The lowest BCUT2D eigenvalue weighted by Crippen LogP contribution is -2.68. The molecule has 0 bridgehead atoms. The summed E-state index contributed by atoms with van der Waals surface area (Å²) in [5.74, 6) is -3.42. The summed E-state index contributed by atoms with van der Waals surface area (Å²) in [6.07, 6.45) is 4.82. The van der Waals surface area contributed by atoms with Gasteiger partial charge in [0, 0.05) is 42.2 Å². The van der Waals surface area contributed by atoms with E-state index in [1.807, 2.05) is 6.08 Å². The molecule has 256 valence electrons. The molecule has 13 heteroatoms. The topological polar surface area (TPSA) is 142 Å². The lowest BCUT2D eigenvalue weighted by atomic mass is 9.44. The quantitative estimate of drug-likeness (QED) is 0.393. The first-order valence-corrected chi connectivity index (χ1v) is 17.2. The highest BCUT2D eigenvalue weighted by atomic mass is 32.2. The summed E-state index contributed by atoms with van der Waals surface area (Å²) in [7, 11) is 1.49. The van der Waals surface area contributed by atoms with E-state index in [4.69, 9.17) is 10.5 Å². The van der Waals surface area contributed by atoms with E-state index in [2.05, 4.69) is 5.10 Å². The Kier molecular flexibility index (Phi) is 8.45. The van der Waals surface area contributed by atoms with E-state index in [1.54, 1.807) is 55.9 Å². The van der Waals surface area contributed by atoms with Crippen LogP contribution in [0.25, 0.3) is 11.8 Å². The zero-order chi connectivity index (χ0) is 34.8. The lowest BCUT2D eigenvalue weighted by molar-refractivity contribution is -0.197. The number of primary amides is 1. The van der Waals surface area contributed by atoms with Crippen LogP contribution in [0.5, 0.6) is 0 Å². The van der Waals surface area contributed by atoms with Gasteiger partial charge in [0.1, 0.15) is 6.01 Å². The second kappa shape index (κ2) is 11.9. The van der Waals surface area contributed by atoms with Gasteiger partial charge < -0.3 is 15.4 Å². The summed E-state index contributed by atoms with van der Waals surface area (Å²) in [6, 6.07) is 5.81. The number of rotatable bonds is 8. The first-order chi connectivity index (χ1) is 22.7. The summed E-state index contributed by atoms with van der Waals surface area (Å²) in [5.41, 5.74) is 2.14. The van der Waals surface area contributed by atoms with Gasteiger partial charge in [-0.3, -0.25) is 24.0 Å². The Hall–Kier alpha value is -3.87. The number of likely N-dealkylation sites (N-methyl/N-ethyl adjacent to an activating group) is 1. The molecule has 2 N–H and O–H groups in total. The summed E-state index contributed by atoms with van der Waals surface area (Å²) in [4.78, 5) is 66.0. The van der Waals surface area contributed by atoms with E-state index < -0.39 is 62.7 Å². The molecule has 48 heavy (non-hydrogen) atoms. The number of nitrogens with zero attached hydrogens (tertiary/aromatic N) is 3. The van der Waals surface area contributed by atoms with E-state index in [0.29, 0.717) is 42.3 Å². The molecule has 0 spiro atoms. The summed E-state index contributed by atoms with van der Waals surface area (Å²) in [5, 5.41) is 3.97. The maximum absolute atomic E-state index is 18.1. The molecule has 1 aromatic heterocycles. The maximum atomic E-state index is 18.1. The van der Waals surface area contributed by atoms with Gasteiger partial charge in [0.25, 0.3) is 5.91 Å². The smallest absolute Gasteiger partial charge is 0.306 e. The number of fused-ring (bicyclic) bond motifs is 6. The molecule has 0 unspecified atom stereocenters. The van der Waals surface area contributed by atoms with Gasteiger partial charge in [-0.1, -0.05) is 32.4 Å². The number of esters is 1. The number of allylic oxidation sites excluding steroid dienone is 1. The third kappa shape index (κ3) is 4.78. The second-order valence-electron chi connectivity index (χ2n) is 14.0. The van der Waals surface area contributed by atoms with Gasteiger partial charge in [0.05, 0.1) is 24.1 Å². The number of ether oxygens (including phenoxy) is 1. The van der Waals surface area contributed by atoms with Crippen LogP contribution in [0.2, 0.25) is 0 Å². The van der Waals surface area contributed by atoms with Crippen molar-refractivity contribution in [1.82, 2.24) is 14.7 Å². The molecule has 0 radical (unpaired) electrons. The third-order valence-corrected chi connectivity index (χ3v) is 12.3. The molecule has 0 saturated heterocycles. The Morgan fingerprint density at radius 3 is 2.60 bits per heavy atom. The predicted molar refractivity (Wildman–Crippen MR) is 174 cm³/mol. The van der Waals surface area contributed by atoms with Crippen LogP contribution in [0.1, 0.15) is 80.9 Å². The molecule has 10 nitrogen and oxygen atoms in total. The van der Waals surface area contributed by atoms with Crippen molar-refractivity contribution in [1.29, 1.82) is 0 Å². The number of Topliss-reactive ketones (excluding diaryl/α,β-unsaturated/α-hetero) is 1. The molecule has 4 aliphatic carbocycles.